The van der Waals surface area contributed by atoms with Crippen molar-refractivity contribution in [3.8, 4) is 0 Å². The SMILES string of the molecule is Nc1cc(CN2CCN(CC(F)(F)F)CC2)ccn1. The standard InChI is InChI=1S/C12H17F3N4/c13-12(14,15)9-19-5-3-18(4-6-19)8-10-1-2-17-11(16)7-10/h1-2,7H,3-6,8-9H2,(H2,16,17). The Bertz CT molecular complexity index is 414. The molecule has 0 atom stereocenters. The maximum Gasteiger partial charge on any atom is 0.401 e. The van der Waals surface area contributed by atoms with Crippen molar-refractivity contribution >= 4 is 5.82 Å². The molecule has 1 aromatic heterocycles. The number of halogens is 3. The summed E-state index contributed by atoms with van der Waals surface area (Å²) in [5.74, 6) is 0.466. The Morgan fingerprint density at radius 2 is 1.79 bits per heavy atom. The second-order valence-corrected chi connectivity index (χ2v) is 4.76. The van der Waals surface area contributed by atoms with Crippen LogP contribution in [0.1, 0.15) is 5.56 Å². The molecule has 106 valence electrons. The van der Waals surface area contributed by atoms with E-state index in [9.17, 15) is 13.2 Å². The second-order valence-electron chi connectivity index (χ2n) is 4.76. The van der Waals surface area contributed by atoms with Crippen LogP contribution in [0, 0.1) is 0 Å². The monoisotopic (exact) mass is 274 g/mol. The van der Waals surface area contributed by atoms with Gasteiger partial charge in [0.15, 0.2) is 0 Å². The van der Waals surface area contributed by atoms with Gasteiger partial charge in [0, 0.05) is 38.9 Å². The van der Waals surface area contributed by atoms with E-state index in [1.807, 2.05) is 6.07 Å². The third kappa shape index (κ3) is 4.68. The van der Waals surface area contributed by atoms with Crippen molar-refractivity contribution in [1.82, 2.24) is 14.8 Å². The molecule has 1 fully saturated rings. The molecule has 0 bridgehead atoms. The van der Waals surface area contributed by atoms with Gasteiger partial charge in [0.05, 0.1) is 6.54 Å². The molecule has 0 aromatic carbocycles. The van der Waals surface area contributed by atoms with Crippen molar-refractivity contribution in [1.29, 1.82) is 0 Å². The van der Waals surface area contributed by atoms with E-state index in [4.69, 9.17) is 5.73 Å². The number of piperazine rings is 1. The number of anilines is 1. The third-order valence-electron chi connectivity index (χ3n) is 3.12. The van der Waals surface area contributed by atoms with Crippen molar-refractivity contribution in [2.24, 2.45) is 0 Å². The molecule has 2 heterocycles. The first-order valence-electron chi connectivity index (χ1n) is 6.14. The van der Waals surface area contributed by atoms with E-state index < -0.39 is 12.7 Å². The molecule has 2 N–H and O–H groups in total. The van der Waals surface area contributed by atoms with Crippen LogP contribution < -0.4 is 5.73 Å². The summed E-state index contributed by atoms with van der Waals surface area (Å²) in [5.41, 5.74) is 6.63. The van der Waals surface area contributed by atoms with Crippen molar-refractivity contribution in [3.05, 3.63) is 23.9 Å². The van der Waals surface area contributed by atoms with Crippen LogP contribution >= 0.6 is 0 Å². The first-order valence-corrected chi connectivity index (χ1v) is 6.14. The number of nitrogens with two attached hydrogens (primary N) is 1. The fourth-order valence-electron chi connectivity index (χ4n) is 2.21. The highest BCUT2D eigenvalue weighted by Gasteiger charge is 2.32. The summed E-state index contributed by atoms with van der Waals surface area (Å²) in [7, 11) is 0. The molecule has 0 saturated carbocycles. The number of nitrogens with zero attached hydrogens (tertiary/aromatic N) is 3. The van der Waals surface area contributed by atoms with Crippen LogP contribution in [0.25, 0.3) is 0 Å². The van der Waals surface area contributed by atoms with Crippen molar-refractivity contribution < 1.29 is 13.2 Å². The molecule has 19 heavy (non-hydrogen) atoms. The molecule has 1 aliphatic rings. The number of hydrogen-bond donors (Lipinski definition) is 1. The summed E-state index contributed by atoms with van der Waals surface area (Å²) in [6.45, 7) is 2.05. The van der Waals surface area contributed by atoms with E-state index in [-0.39, 0.29) is 0 Å². The van der Waals surface area contributed by atoms with Crippen molar-refractivity contribution in [2.75, 3.05) is 38.5 Å². The van der Waals surface area contributed by atoms with Crippen LogP contribution in [-0.2, 0) is 6.54 Å². The maximum absolute atomic E-state index is 12.3. The van der Waals surface area contributed by atoms with Crippen molar-refractivity contribution in [3.63, 3.8) is 0 Å². The van der Waals surface area contributed by atoms with E-state index in [0.717, 1.165) is 5.56 Å². The van der Waals surface area contributed by atoms with Gasteiger partial charge in [-0.3, -0.25) is 9.80 Å². The predicted molar refractivity (Wildman–Crippen MR) is 66.4 cm³/mol. The highest BCUT2D eigenvalue weighted by Crippen LogP contribution is 2.18. The molecule has 1 aromatic rings. The van der Waals surface area contributed by atoms with E-state index in [1.54, 1.807) is 12.3 Å². The molecule has 1 aliphatic heterocycles. The molecule has 4 nitrogen and oxygen atoms in total. The largest absolute Gasteiger partial charge is 0.401 e. The van der Waals surface area contributed by atoms with Gasteiger partial charge in [0.25, 0.3) is 0 Å². The molecule has 0 aliphatic carbocycles. The Morgan fingerprint density at radius 1 is 1.16 bits per heavy atom. The van der Waals surface area contributed by atoms with Crippen LogP contribution in [0.15, 0.2) is 18.3 Å². The minimum absolute atomic E-state index is 0.445. The molecule has 0 radical (unpaired) electrons. The zero-order chi connectivity index (χ0) is 13.9. The Balaban J connectivity index is 1.80. The van der Waals surface area contributed by atoms with E-state index in [1.165, 1.54) is 4.90 Å². The second kappa shape index (κ2) is 5.75. The van der Waals surface area contributed by atoms with E-state index >= 15 is 0 Å². The Hall–Kier alpha value is -1.34. The third-order valence-corrected chi connectivity index (χ3v) is 3.12. The summed E-state index contributed by atoms with van der Waals surface area (Å²) >= 11 is 0. The van der Waals surface area contributed by atoms with Gasteiger partial charge in [0.2, 0.25) is 0 Å². The summed E-state index contributed by atoms with van der Waals surface area (Å²) in [6, 6.07) is 3.67. The van der Waals surface area contributed by atoms with E-state index in [0.29, 0.717) is 38.5 Å². The van der Waals surface area contributed by atoms with Crippen LogP contribution in [-0.4, -0.2) is 53.7 Å². The fraction of sp³-hybridized carbons (Fsp3) is 0.583. The van der Waals surface area contributed by atoms with Crippen LogP contribution in [0.3, 0.4) is 0 Å². The van der Waals surface area contributed by atoms with Gasteiger partial charge in [-0.05, 0) is 17.7 Å². The molecule has 0 unspecified atom stereocenters. The Labute approximate surface area is 110 Å². The number of alkyl halides is 3. The summed E-state index contributed by atoms with van der Waals surface area (Å²) in [4.78, 5) is 7.48. The van der Waals surface area contributed by atoms with Gasteiger partial charge in [0.1, 0.15) is 5.82 Å². The smallest absolute Gasteiger partial charge is 0.384 e. The lowest BCUT2D eigenvalue weighted by Crippen LogP contribution is -2.48. The van der Waals surface area contributed by atoms with Crippen LogP contribution in [0.4, 0.5) is 19.0 Å². The maximum atomic E-state index is 12.3. The predicted octanol–water partition coefficient (Wildman–Crippen LogP) is 1.34. The molecule has 0 amide bonds. The molecule has 1 saturated heterocycles. The first-order chi connectivity index (χ1) is 8.92. The molecular formula is C12H17F3N4. The average Bonchev–Trinajstić information content (AvgIpc) is 2.30. The van der Waals surface area contributed by atoms with Gasteiger partial charge >= 0.3 is 6.18 Å². The number of pyridine rings is 1. The van der Waals surface area contributed by atoms with Crippen molar-refractivity contribution in [2.45, 2.75) is 12.7 Å². The van der Waals surface area contributed by atoms with E-state index in [2.05, 4.69) is 9.88 Å². The zero-order valence-corrected chi connectivity index (χ0v) is 10.5. The lowest BCUT2D eigenvalue weighted by Gasteiger charge is -2.34. The number of rotatable bonds is 3. The topological polar surface area (TPSA) is 45.4 Å². The molecule has 2 rings (SSSR count). The normalized spacial score (nSPS) is 18.7. The number of aromatic nitrogens is 1. The lowest BCUT2D eigenvalue weighted by atomic mass is 10.2. The zero-order valence-electron chi connectivity index (χ0n) is 10.5. The summed E-state index contributed by atoms with van der Waals surface area (Å²) in [5, 5.41) is 0. The summed E-state index contributed by atoms with van der Waals surface area (Å²) in [6.07, 6.45) is -2.47. The lowest BCUT2D eigenvalue weighted by molar-refractivity contribution is -0.149. The Kier molecular flexibility index (Phi) is 4.26. The minimum atomic E-state index is -4.11. The minimum Gasteiger partial charge on any atom is -0.384 e. The van der Waals surface area contributed by atoms with Crippen LogP contribution in [0.5, 0.6) is 0 Å². The fourth-order valence-corrected chi connectivity index (χ4v) is 2.21. The quantitative estimate of drug-likeness (QED) is 0.903. The average molecular weight is 274 g/mol. The van der Waals surface area contributed by atoms with Gasteiger partial charge in [-0.2, -0.15) is 13.2 Å². The van der Waals surface area contributed by atoms with Crippen LogP contribution in [0.2, 0.25) is 0 Å². The number of hydrogen-bond acceptors (Lipinski definition) is 4. The molecular weight excluding hydrogens is 257 g/mol. The number of nitrogen functional groups attached to an aromatic ring is 1. The Morgan fingerprint density at radius 3 is 2.37 bits per heavy atom. The first kappa shape index (κ1) is 14.1. The van der Waals surface area contributed by atoms with Gasteiger partial charge in [-0.25, -0.2) is 4.98 Å². The summed E-state index contributed by atoms with van der Waals surface area (Å²) < 4.78 is 36.8. The van der Waals surface area contributed by atoms with Gasteiger partial charge in [-0.15, -0.1) is 0 Å². The molecule has 0 spiro atoms. The molecule has 7 heteroatoms. The highest BCUT2D eigenvalue weighted by molar-refractivity contribution is 5.31. The highest BCUT2D eigenvalue weighted by atomic mass is 19.4. The van der Waals surface area contributed by atoms with Gasteiger partial charge < -0.3 is 5.73 Å². The van der Waals surface area contributed by atoms with Gasteiger partial charge in [-0.1, -0.05) is 0 Å².